The van der Waals surface area contributed by atoms with E-state index in [0.717, 1.165) is 0 Å². The second kappa shape index (κ2) is 8.79. The van der Waals surface area contributed by atoms with Gasteiger partial charge in [-0.05, 0) is 30.0 Å². The fraction of sp³-hybridized carbons (Fsp3) is 0.250. The molecular formula is C24H26O2. The van der Waals surface area contributed by atoms with Crippen LogP contribution in [-0.4, -0.2) is 24.4 Å². The van der Waals surface area contributed by atoms with Crippen LogP contribution in [0, 0.1) is 0 Å². The molecule has 2 nitrogen and oxygen atoms in total. The van der Waals surface area contributed by atoms with Gasteiger partial charge in [0, 0.05) is 13.2 Å². The number of aliphatic hydroxyl groups is 1. The average Bonchev–Trinajstić information content (AvgIpc) is 2.71. The molecule has 0 spiro atoms. The highest BCUT2D eigenvalue weighted by atomic mass is 16.5. The topological polar surface area (TPSA) is 29.5 Å². The Morgan fingerprint density at radius 1 is 0.731 bits per heavy atom. The average molecular weight is 346 g/mol. The maximum Gasteiger partial charge on any atom is 0.0774 e. The molecule has 0 aliphatic carbocycles. The van der Waals surface area contributed by atoms with Gasteiger partial charge in [0.25, 0.3) is 0 Å². The third kappa shape index (κ3) is 3.44. The summed E-state index contributed by atoms with van der Waals surface area (Å²) >= 11 is 0. The van der Waals surface area contributed by atoms with Gasteiger partial charge >= 0.3 is 0 Å². The van der Waals surface area contributed by atoms with Gasteiger partial charge in [-0.25, -0.2) is 0 Å². The molecule has 3 rings (SSSR count). The van der Waals surface area contributed by atoms with Gasteiger partial charge in [-0.2, -0.15) is 0 Å². The van der Waals surface area contributed by atoms with Gasteiger partial charge in [0.15, 0.2) is 0 Å². The van der Waals surface area contributed by atoms with Crippen molar-refractivity contribution >= 4 is 0 Å². The molecule has 0 bridgehead atoms. The molecule has 0 fully saturated rings. The molecule has 1 unspecified atom stereocenters. The fourth-order valence-electron chi connectivity index (χ4n) is 3.90. The van der Waals surface area contributed by atoms with Gasteiger partial charge < -0.3 is 9.84 Å². The summed E-state index contributed by atoms with van der Waals surface area (Å²) in [7, 11) is 0. The summed E-state index contributed by atoms with van der Waals surface area (Å²) < 4.78 is 6.25. The number of hydrogen-bond acceptors (Lipinski definition) is 2. The van der Waals surface area contributed by atoms with E-state index < -0.39 is 5.41 Å². The second-order valence-corrected chi connectivity index (χ2v) is 6.36. The van der Waals surface area contributed by atoms with Crippen LogP contribution in [0.2, 0.25) is 0 Å². The normalized spacial score (nSPS) is 12.7. The van der Waals surface area contributed by atoms with Crippen molar-refractivity contribution in [2.75, 3.05) is 13.2 Å². The van der Waals surface area contributed by atoms with Crippen molar-refractivity contribution in [3.05, 3.63) is 108 Å². The maximum atomic E-state index is 9.79. The van der Waals surface area contributed by atoms with E-state index >= 15 is 0 Å². The Balaban J connectivity index is 2.34. The van der Waals surface area contributed by atoms with Crippen molar-refractivity contribution < 1.29 is 9.84 Å². The Labute approximate surface area is 156 Å². The van der Waals surface area contributed by atoms with Crippen LogP contribution in [0.15, 0.2) is 91.0 Å². The molecule has 1 atom stereocenters. The Morgan fingerprint density at radius 2 is 1.12 bits per heavy atom. The van der Waals surface area contributed by atoms with E-state index in [1.807, 2.05) is 25.1 Å². The van der Waals surface area contributed by atoms with Crippen LogP contribution in [0.5, 0.6) is 0 Å². The lowest BCUT2D eigenvalue weighted by Crippen LogP contribution is -2.44. The lowest BCUT2D eigenvalue weighted by atomic mass is 9.65. The van der Waals surface area contributed by atoms with Gasteiger partial charge in [-0.3, -0.25) is 0 Å². The molecule has 3 aromatic carbocycles. The molecule has 0 aliphatic rings. The smallest absolute Gasteiger partial charge is 0.0774 e. The molecule has 0 heterocycles. The van der Waals surface area contributed by atoms with Crippen molar-refractivity contribution in [2.45, 2.75) is 24.9 Å². The van der Waals surface area contributed by atoms with Gasteiger partial charge in [0.1, 0.15) is 0 Å². The van der Waals surface area contributed by atoms with E-state index in [9.17, 15) is 5.11 Å². The maximum absolute atomic E-state index is 9.79. The van der Waals surface area contributed by atoms with Gasteiger partial charge in [-0.1, -0.05) is 91.0 Å². The highest BCUT2D eigenvalue weighted by Crippen LogP contribution is 2.44. The van der Waals surface area contributed by atoms with E-state index in [-0.39, 0.29) is 12.7 Å². The number of hydrogen-bond donors (Lipinski definition) is 1. The largest absolute Gasteiger partial charge is 0.396 e. The fourth-order valence-corrected chi connectivity index (χ4v) is 3.90. The van der Waals surface area contributed by atoms with E-state index in [0.29, 0.717) is 13.0 Å². The van der Waals surface area contributed by atoms with E-state index in [4.69, 9.17) is 4.74 Å². The van der Waals surface area contributed by atoms with Crippen molar-refractivity contribution in [1.29, 1.82) is 0 Å². The highest BCUT2D eigenvalue weighted by Gasteiger charge is 2.44. The zero-order valence-corrected chi connectivity index (χ0v) is 15.2. The minimum Gasteiger partial charge on any atom is -0.396 e. The monoisotopic (exact) mass is 346 g/mol. The molecule has 0 aliphatic heterocycles. The van der Waals surface area contributed by atoms with E-state index in [1.54, 1.807) is 0 Å². The molecule has 0 aromatic heterocycles. The zero-order valence-electron chi connectivity index (χ0n) is 15.2. The first-order valence-electron chi connectivity index (χ1n) is 9.23. The first-order chi connectivity index (χ1) is 12.8. The van der Waals surface area contributed by atoms with Crippen LogP contribution >= 0.6 is 0 Å². The first-order valence-corrected chi connectivity index (χ1v) is 9.23. The van der Waals surface area contributed by atoms with Crippen molar-refractivity contribution in [2.24, 2.45) is 0 Å². The summed E-state index contributed by atoms with van der Waals surface area (Å²) in [6.45, 7) is 2.69. The number of aliphatic hydroxyl groups excluding tert-OH is 1. The van der Waals surface area contributed by atoms with Crippen LogP contribution in [-0.2, 0) is 10.2 Å². The van der Waals surface area contributed by atoms with Crippen LogP contribution < -0.4 is 0 Å². The Morgan fingerprint density at radius 3 is 1.42 bits per heavy atom. The predicted molar refractivity (Wildman–Crippen MR) is 106 cm³/mol. The Hall–Kier alpha value is -2.42. The molecule has 0 saturated heterocycles. The number of benzene rings is 3. The van der Waals surface area contributed by atoms with Crippen LogP contribution in [0.25, 0.3) is 0 Å². The first kappa shape index (κ1) is 18.4. The summed E-state index contributed by atoms with van der Waals surface area (Å²) in [6, 6.07) is 31.4. The van der Waals surface area contributed by atoms with Crippen molar-refractivity contribution in [3.8, 4) is 0 Å². The molecule has 0 saturated carbocycles. The molecule has 26 heavy (non-hydrogen) atoms. The molecule has 134 valence electrons. The number of rotatable bonds is 8. The van der Waals surface area contributed by atoms with Crippen LogP contribution in [0.1, 0.15) is 30.0 Å². The van der Waals surface area contributed by atoms with E-state index in [1.165, 1.54) is 16.7 Å². The summed E-state index contributed by atoms with van der Waals surface area (Å²) in [5.74, 6) is 0. The minimum absolute atomic E-state index is 0.0823. The molecule has 3 aromatic rings. The predicted octanol–water partition coefficient (Wildman–Crippen LogP) is 4.81. The quantitative estimate of drug-likeness (QED) is 0.593. The molecular weight excluding hydrogens is 320 g/mol. The lowest BCUT2D eigenvalue weighted by molar-refractivity contribution is 0.0116. The minimum atomic E-state index is -0.484. The summed E-state index contributed by atoms with van der Waals surface area (Å²) in [6.07, 6.45) is 0.386. The lowest BCUT2D eigenvalue weighted by Gasteiger charge is -2.42. The third-order valence-corrected chi connectivity index (χ3v) is 4.93. The van der Waals surface area contributed by atoms with Crippen molar-refractivity contribution in [1.82, 2.24) is 0 Å². The van der Waals surface area contributed by atoms with Gasteiger partial charge in [-0.15, -0.1) is 0 Å². The van der Waals surface area contributed by atoms with E-state index in [2.05, 4.69) is 72.8 Å². The summed E-state index contributed by atoms with van der Waals surface area (Å²) in [5, 5.41) is 9.79. The van der Waals surface area contributed by atoms with Crippen LogP contribution in [0.4, 0.5) is 0 Å². The van der Waals surface area contributed by atoms with Crippen molar-refractivity contribution in [3.63, 3.8) is 0 Å². The van der Waals surface area contributed by atoms with Gasteiger partial charge in [0.2, 0.25) is 0 Å². The molecule has 0 amide bonds. The van der Waals surface area contributed by atoms with Gasteiger partial charge in [0.05, 0.1) is 11.5 Å². The molecule has 1 N–H and O–H groups in total. The summed E-state index contributed by atoms with van der Waals surface area (Å²) in [4.78, 5) is 0. The standard InChI is InChI=1S/C24H26O2/c1-2-26-23(18-19-25)24(20-12-6-3-7-13-20,21-14-8-4-9-15-21)22-16-10-5-11-17-22/h3-17,23,25H,2,18-19H2,1H3. The zero-order chi connectivity index (χ0) is 18.2. The summed E-state index contributed by atoms with van der Waals surface area (Å²) in [5.41, 5.74) is 3.03. The Kier molecular flexibility index (Phi) is 6.21. The SMILES string of the molecule is CCOC(CCO)C(c1ccccc1)(c1ccccc1)c1ccccc1. The molecule has 0 radical (unpaired) electrons. The second-order valence-electron chi connectivity index (χ2n) is 6.36. The number of ether oxygens (including phenoxy) is 1. The Bertz CT molecular complexity index is 666. The molecule has 2 heteroatoms. The highest BCUT2D eigenvalue weighted by molar-refractivity contribution is 5.52. The third-order valence-electron chi connectivity index (χ3n) is 4.93. The van der Waals surface area contributed by atoms with Crippen LogP contribution in [0.3, 0.4) is 0 Å².